The molecule has 2 aromatic rings. The Balaban J connectivity index is 2.75. The van der Waals surface area contributed by atoms with Crippen molar-refractivity contribution in [1.29, 1.82) is 0 Å². The molecule has 0 aliphatic rings. The SMILES string of the molecule is COC(=O)Oc1c(-c2ccc(C(F)(F)F)cc2C[SH](=O)=O)cnn(C)c1=O. The molecular weight excluding hydrogens is 393 g/mol. The van der Waals surface area contributed by atoms with Gasteiger partial charge in [-0.05, 0) is 23.3 Å². The van der Waals surface area contributed by atoms with Crippen molar-refractivity contribution in [3.63, 3.8) is 0 Å². The summed E-state index contributed by atoms with van der Waals surface area (Å²) < 4.78 is 71.0. The summed E-state index contributed by atoms with van der Waals surface area (Å²) in [5.74, 6) is -1.27. The van der Waals surface area contributed by atoms with Gasteiger partial charge in [-0.25, -0.2) is 17.9 Å². The predicted molar refractivity (Wildman–Crippen MR) is 87.0 cm³/mol. The third kappa shape index (κ3) is 4.64. The number of hydrogen-bond donors (Lipinski definition) is 1. The maximum Gasteiger partial charge on any atom is 0.513 e. The quantitative estimate of drug-likeness (QED) is 0.609. The Bertz CT molecular complexity index is 1010. The highest BCUT2D eigenvalue weighted by molar-refractivity contribution is 7.71. The number of aromatic nitrogens is 2. The van der Waals surface area contributed by atoms with Crippen LogP contribution in [0.4, 0.5) is 18.0 Å². The highest BCUT2D eigenvalue weighted by atomic mass is 32.2. The number of ether oxygens (including phenoxy) is 2. The first-order valence-corrected chi connectivity index (χ1v) is 8.55. The molecular formula is C15H13F3N2O6S. The molecule has 0 N–H and O–H groups in total. The second kappa shape index (κ2) is 7.78. The van der Waals surface area contributed by atoms with Crippen LogP contribution in [0.2, 0.25) is 0 Å². The fraction of sp³-hybridized carbons (Fsp3) is 0.267. The molecule has 0 radical (unpaired) electrons. The standard InChI is InChI=1S/C15H13F3N2O6S/c1-20-13(21)12(26-14(22)25-2)11(6-19-20)10-4-3-9(15(16,17)18)5-8(10)7-27(23)24/h3-6,27H,7H2,1-2H3. The van der Waals surface area contributed by atoms with Crippen molar-refractivity contribution in [3.05, 3.63) is 45.9 Å². The Hall–Kier alpha value is -2.89. The van der Waals surface area contributed by atoms with Crippen LogP contribution in [0, 0.1) is 0 Å². The van der Waals surface area contributed by atoms with E-state index in [0.29, 0.717) is 6.07 Å². The fourth-order valence-corrected chi connectivity index (χ4v) is 2.78. The molecule has 8 nitrogen and oxygen atoms in total. The minimum absolute atomic E-state index is 0.0497. The minimum atomic E-state index is -4.70. The lowest BCUT2D eigenvalue weighted by Gasteiger charge is -2.14. The summed E-state index contributed by atoms with van der Waals surface area (Å²) in [7, 11) is -0.817. The number of aryl methyl sites for hydroxylation is 1. The highest BCUT2D eigenvalue weighted by Crippen LogP contribution is 2.35. The van der Waals surface area contributed by atoms with E-state index in [-0.39, 0.29) is 16.7 Å². The van der Waals surface area contributed by atoms with Crippen LogP contribution in [0.25, 0.3) is 11.1 Å². The summed E-state index contributed by atoms with van der Waals surface area (Å²) in [6.07, 6.45) is -4.86. The van der Waals surface area contributed by atoms with Crippen LogP contribution >= 0.6 is 0 Å². The van der Waals surface area contributed by atoms with Crippen molar-refractivity contribution in [2.24, 2.45) is 7.05 Å². The number of carbonyl (C=O) groups excluding carboxylic acids is 1. The molecule has 0 aliphatic heterocycles. The highest BCUT2D eigenvalue weighted by Gasteiger charge is 2.31. The molecule has 0 fully saturated rings. The minimum Gasteiger partial charge on any atom is -0.437 e. The normalized spacial score (nSPS) is 11.5. The van der Waals surface area contributed by atoms with Gasteiger partial charge in [-0.2, -0.15) is 18.3 Å². The van der Waals surface area contributed by atoms with Crippen molar-refractivity contribution >= 4 is 16.9 Å². The Kier molecular flexibility index (Phi) is 5.88. The number of methoxy groups -OCH3 is 1. The van der Waals surface area contributed by atoms with Gasteiger partial charge in [0, 0.05) is 7.05 Å². The zero-order valence-corrected chi connectivity index (χ0v) is 14.8. The van der Waals surface area contributed by atoms with Crippen molar-refractivity contribution in [2.45, 2.75) is 11.9 Å². The van der Waals surface area contributed by atoms with Gasteiger partial charge >= 0.3 is 17.9 Å². The van der Waals surface area contributed by atoms with Crippen LogP contribution in [0.3, 0.4) is 0 Å². The maximum atomic E-state index is 13.0. The molecule has 27 heavy (non-hydrogen) atoms. The zero-order valence-electron chi connectivity index (χ0n) is 13.9. The molecule has 0 bridgehead atoms. The van der Waals surface area contributed by atoms with Gasteiger partial charge in [0.15, 0.2) is 0 Å². The van der Waals surface area contributed by atoms with E-state index in [0.717, 1.165) is 30.1 Å². The van der Waals surface area contributed by atoms with Gasteiger partial charge in [0.2, 0.25) is 5.75 Å². The molecule has 0 atom stereocenters. The summed E-state index contributed by atoms with van der Waals surface area (Å²) in [5.41, 5.74) is -2.36. The van der Waals surface area contributed by atoms with Crippen LogP contribution in [-0.2, 0) is 34.4 Å². The van der Waals surface area contributed by atoms with Crippen LogP contribution < -0.4 is 10.3 Å². The summed E-state index contributed by atoms with van der Waals surface area (Å²) in [6.45, 7) is 0. The molecule has 0 amide bonds. The molecule has 1 heterocycles. The first kappa shape index (κ1) is 20.4. The largest absolute Gasteiger partial charge is 0.513 e. The van der Waals surface area contributed by atoms with Crippen molar-refractivity contribution in [3.8, 4) is 16.9 Å². The summed E-state index contributed by atoms with van der Waals surface area (Å²) in [5, 5.41) is 3.74. The van der Waals surface area contributed by atoms with Crippen LogP contribution in [-0.4, -0.2) is 31.5 Å². The first-order valence-electron chi connectivity index (χ1n) is 7.19. The number of thiol groups is 1. The van der Waals surface area contributed by atoms with E-state index in [1.54, 1.807) is 0 Å². The van der Waals surface area contributed by atoms with Crippen molar-refractivity contribution in [1.82, 2.24) is 9.78 Å². The molecule has 1 aromatic carbocycles. The van der Waals surface area contributed by atoms with Gasteiger partial charge in [0.05, 0.1) is 30.2 Å². The van der Waals surface area contributed by atoms with Crippen LogP contribution in [0.15, 0.2) is 29.2 Å². The lowest BCUT2D eigenvalue weighted by atomic mass is 9.99. The molecule has 1 aromatic heterocycles. The Morgan fingerprint density at radius 3 is 2.48 bits per heavy atom. The maximum absolute atomic E-state index is 13.0. The molecule has 0 saturated carbocycles. The average molecular weight is 406 g/mol. The number of halogens is 3. The van der Waals surface area contributed by atoms with E-state index in [1.807, 2.05) is 0 Å². The number of carbonyl (C=O) groups is 1. The third-order valence-electron chi connectivity index (χ3n) is 3.47. The lowest BCUT2D eigenvalue weighted by Crippen LogP contribution is -2.24. The van der Waals surface area contributed by atoms with Crippen LogP contribution in [0.1, 0.15) is 11.1 Å². The average Bonchev–Trinajstić information content (AvgIpc) is 2.58. The fourth-order valence-electron chi connectivity index (χ4n) is 2.24. The van der Waals surface area contributed by atoms with Gasteiger partial charge in [-0.15, -0.1) is 0 Å². The number of benzene rings is 1. The topological polar surface area (TPSA) is 105 Å². The van der Waals surface area contributed by atoms with E-state index in [1.165, 1.54) is 7.05 Å². The van der Waals surface area contributed by atoms with E-state index in [2.05, 4.69) is 9.84 Å². The summed E-state index contributed by atoms with van der Waals surface area (Å²) >= 11 is 0. The van der Waals surface area contributed by atoms with Crippen molar-refractivity contribution < 1.29 is 35.9 Å². The molecule has 0 saturated heterocycles. The molecule has 0 spiro atoms. The Labute approximate surface area is 152 Å². The number of hydrogen-bond acceptors (Lipinski definition) is 7. The first-order chi connectivity index (χ1) is 12.5. The summed E-state index contributed by atoms with van der Waals surface area (Å²) in [6, 6.07) is 2.35. The molecule has 0 unspecified atom stereocenters. The molecule has 2 rings (SSSR count). The smallest absolute Gasteiger partial charge is 0.437 e. The second-order valence-electron chi connectivity index (χ2n) is 5.23. The van der Waals surface area contributed by atoms with Gasteiger partial charge in [-0.1, -0.05) is 6.07 Å². The van der Waals surface area contributed by atoms with E-state index in [9.17, 15) is 31.2 Å². The Morgan fingerprint density at radius 2 is 1.93 bits per heavy atom. The molecule has 12 heteroatoms. The Morgan fingerprint density at radius 1 is 1.26 bits per heavy atom. The molecule has 0 aliphatic carbocycles. The van der Waals surface area contributed by atoms with Crippen molar-refractivity contribution in [2.75, 3.05) is 7.11 Å². The number of alkyl halides is 3. The van der Waals surface area contributed by atoms with Gasteiger partial charge in [-0.3, -0.25) is 4.79 Å². The zero-order chi connectivity index (χ0) is 20.4. The number of nitrogens with zero attached hydrogens (tertiary/aromatic N) is 2. The van der Waals surface area contributed by atoms with E-state index >= 15 is 0 Å². The lowest BCUT2D eigenvalue weighted by molar-refractivity contribution is -0.137. The predicted octanol–water partition coefficient (Wildman–Crippen LogP) is 1.72. The second-order valence-corrected chi connectivity index (χ2v) is 6.21. The summed E-state index contributed by atoms with van der Waals surface area (Å²) in [4.78, 5) is 23.7. The molecule has 146 valence electrons. The number of rotatable bonds is 4. The monoisotopic (exact) mass is 406 g/mol. The van der Waals surface area contributed by atoms with Gasteiger partial charge in [0.1, 0.15) is 10.7 Å². The van der Waals surface area contributed by atoms with E-state index in [4.69, 9.17) is 4.74 Å². The van der Waals surface area contributed by atoms with E-state index < -0.39 is 45.7 Å². The van der Waals surface area contributed by atoms with Gasteiger partial charge < -0.3 is 9.47 Å². The third-order valence-corrected chi connectivity index (χ3v) is 4.07. The van der Waals surface area contributed by atoms with Gasteiger partial charge in [0.25, 0.3) is 0 Å². The van der Waals surface area contributed by atoms with Crippen LogP contribution in [0.5, 0.6) is 5.75 Å².